The van der Waals surface area contributed by atoms with E-state index in [0.29, 0.717) is 0 Å². The Morgan fingerprint density at radius 2 is 2.10 bits per heavy atom. The van der Waals surface area contributed by atoms with E-state index in [1.54, 1.807) is 11.8 Å². The summed E-state index contributed by atoms with van der Waals surface area (Å²) in [6.07, 6.45) is 2.35. The van der Waals surface area contributed by atoms with Crippen LogP contribution in [0, 0.1) is 5.92 Å². The molecular weight excluding hydrogens is 148 g/mol. The molecule has 0 saturated carbocycles. The number of rotatable bonds is 3. The number of ether oxygens (including phenoxy) is 1. The first-order valence-electron chi connectivity index (χ1n) is 3.70. The number of hydrogen-bond donors (Lipinski definition) is 1. The molecule has 0 spiro atoms. The zero-order valence-electron chi connectivity index (χ0n) is 6.08. The molecule has 1 heterocycles. The third kappa shape index (κ3) is 2.90. The largest absolute Gasteiger partial charge is 0.386 e. The van der Waals surface area contributed by atoms with E-state index in [-0.39, 0.29) is 5.94 Å². The molecule has 1 N–H and O–H groups in total. The van der Waals surface area contributed by atoms with Gasteiger partial charge in [-0.25, -0.2) is 0 Å². The predicted octanol–water partition coefficient (Wildman–Crippen LogP) is 1.10. The lowest BCUT2D eigenvalue weighted by molar-refractivity contribution is 0.0727. The first kappa shape index (κ1) is 8.37. The van der Waals surface area contributed by atoms with Crippen molar-refractivity contribution < 1.29 is 9.84 Å². The molecule has 2 nitrogen and oxygen atoms in total. The lowest BCUT2D eigenvalue weighted by atomic mass is 10.0. The van der Waals surface area contributed by atoms with E-state index in [1.807, 2.05) is 0 Å². The van der Waals surface area contributed by atoms with Crippen LogP contribution >= 0.6 is 11.8 Å². The fourth-order valence-corrected chi connectivity index (χ4v) is 1.90. The van der Waals surface area contributed by atoms with Gasteiger partial charge in [0.15, 0.2) is 0 Å². The highest BCUT2D eigenvalue weighted by Crippen LogP contribution is 2.18. The van der Waals surface area contributed by atoms with Crippen molar-refractivity contribution >= 4 is 11.8 Å². The van der Waals surface area contributed by atoms with Crippen LogP contribution in [0.25, 0.3) is 0 Å². The Morgan fingerprint density at radius 1 is 1.40 bits per heavy atom. The van der Waals surface area contributed by atoms with E-state index in [0.717, 1.165) is 24.9 Å². The molecule has 1 fully saturated rings. The summed E-state index contributed by atoms with van der Waals surface area (Å²) in [5.41, 5.74) is 0. The standard InChI is InChI=1S/C7H14O2S/c8-6-10-5-7-1-3-9-4-2-7/h7-8H,1-6H2. The topological polar surface area (TPSA) is 29.5 Å². The SMILES string of the molecule is OCSCC1CCOCC1. The minimum Gasteiger partial charge on any atom is -0.386 e. The highest BCUT2D eigenvalue weighted by atomic mass is 32.2. The monoisotopic (exact) mass is 162 g/mol. The van der Waals surface area contributed by atoms with Crippen LogP contribution in [0.1, 0.15) is 12.8 Å². The van der Waals surface area contributed by atoms with Crippen molar-refractivity contribution in [3.8, 4) is 0 Å². The minimum atomic E-state index is 0.261. The highest BCUT2D eigenvalue weighted by Gasteiger charge is 2.12. The van der Waals surface area contributed by atoms with Crippen LogP contribution in [0.5, 0.6) is 0 Å². The van der Waals surface area contributed by atoms with Crippen molar-refractivity contribution in [2.45, 2.75) is 12.8 Å². The van der Waals surface area contributed by atoms with Crippen LogP contribution < -0.4 is 0 Å². The van der Waals surface area contributed by atoms with Gasteiger partial charge in [0.05, 0.1) is 5.94 Å². The van der Waals surface area contributed by atoms with Crippen molar-refractivity contribution in [1.82, 2.24) is 0 Å². The third-order valence-corrected chi connectivity index (χ3v) is 2.68. The summed E-state index contributed by atoms with van der Waals surface area (Å²) in [7, 11) is 0. The van der Waals surface area contributed by atoms with E-state index in [2.05, 4.69) is 0 Å². The molecule has 0 atom stereocenters. The van der Waals surface area contributed by atoms with E-state index in [4.69, 9.17) is 9.84 Å². The average Bonchev–Trinajstić information content (AvgIpc) is 2.03. The molecule has 1 aliphatic heterocycles. The molecule has 10 heavy (non-hydrogen) atoms. The second-order valence-corrected chi connectivity index (χ2v) is 3.56. The lowest BCUT2D eigenvalue weighted by Gasteiger charge is -2.20. The van der Waals surface area contributed by atoms with Gasteiger partial charge in [-0.05, 0) is 24.5 Å². The Morgan fingerprint density at radius 3 is 2.70 bits per heavy atom. The molecule has 0 amide bonds. The maximum absolute atomic E-state index is 8.53. The molecule has 1 rings (SSSR count). The molecule has 0 aromatic heterocycles. The maximum atomic E-state index is 8.53. The molecule has 0 aromatic rings. The van der Waals surface area contributed by atoms with Gasteiger partial charge in [-0.15, -0.1) is 11.8 Å². The van der Waals surface area contributed by atoms with Crippen LogP contribution in [0.2, 0.25) is 0 Å². The van der Waals surface area contributed by atoms with Crippen molar-refractivity contribution in [3.05, 3.63) is 0 Å². The van der Waals surface area contributed by atoms with Gasteiger partial charge in [0.25, 0.3) is 0 Å². The number of hydrogen-bond acceptors (Lipinski definition) is 3. The summed E-state index contributed by atoms with van der Waals surface area (Å²) in [5, 5.41) is 8.53. The summed E-state index contributed by atoms with van der Waals surface area (Å²) < 4.78 is 5.21. The van der Waals surface area contributed by atoms with Crippen molar-refractivity contribution in [3.63, 3.8) is 0 Å². The molecule has 60 valence electrons. The zero-order valence-corrected chi connectivity index (χ0v) is 6.90. The van der Waals surface area contributed by atoms with E-state index < -0.39 is 0 Å². The third-order valence-electron chi connectivity index (χ3n) is 1.79. The van der Waals surface area contributed by atoms with Crippen molar-refractivity contribution in [1.29, 1.82) is 0 Å². The lowest BCUT2D eigenvalue weighted by Crippen LogP contribution is -2.17. The molecular formula is C7H14O2S. The van der Waals surface area contributed by atoms with Crippen LogP contribution in [-0.2, 0) is 4.74 Å². The molecule has 0 radical (unpaired) electrons. The summed E-state index contributed by atoms with van der Waals surface area (Å²) in [5.74, 6) is 2.14. The average molecular weight is 162 g/mol. The molecule has 0 bridgehead atoms. The Kier molecular flexibility index (Phi) is 4.18. The molecule has 1 saturated heterocycles. The number of thioether (sulfide) groups is 1. The van der Waals surface area contributed by atoms with Gasteiger partial charge >= 0.3 is 0 Å². The summed E-state index contributed by atoms with van der Waals surface area (Å²) in [4.78, 5) is 0. The Bertz CT molecular complexity index is 81.7. The van der Waals surface area contributed by atoms with Gasteiger partial charge in [-0.1, -0.05) is 0 Å². The van der Waals surface area contributed by atoms with Gasteiger partial charge < -0.3 is 9.84 Å². The van der Waals surface area contributed by atoms with Gasteiger partial charge in [-0.3, -0.25) is 0 Å². The second kappa shape index (κ2) is 4.99. The van der Waals surface area contributed by atoms with Crippen LogP contribution in [0.15, 0.2) is 0 Å². The summed E-state index contributed by atoms with van der Waals surface area (Å²) in [6, 6.07) is 0. The van der Waals surface area contributed by atoms with Gasteiger partial charge in [0, 0.05) is 13.2 Å². The van der Waals surface area contributed by atoms with Gasteiger partial charge in [0.2, 0.25) is 0 Å². The fraction of sp³-hybridized carbons (Fsp3) is 1.00. The summed E-state index contributed by atoms with van der Waals surface area (Å²) >= 11 is 1.61. The van der Waals surface area contributed by atoms with E-state index in [9.17, 15) is 0 Å². The normalized spacial score (nSPS) is 21.3. The smallest absolute Gasteiger partial charge is 0.0886 e. The predicted molar refractivity (Wildman–Crippen MR) is 43.1 cm³/mol. The van der Waals surface area contributed by atoms with Crippen molar-refractivity contribution in [2.75, 3.05) is 24.9 Å². The quantitative estimate of drug-likeness (QED) is 0.630. The Labute approximate surface area is 66.0 Å². The maximum Gasteiger partial charge on any atom is 0.0886 e. The van der Waals surface area contributed by atoms with Gasteiger partial charge in [-0.2, -0.15) is 0 Å². The molecule has 3 heteroatoms. The highest BCUT2D eigenvalue weighted by molar-refractivity contribution is 7.99. The second-order valence-electron chi connectivity index (χ2n) is 2.56. The van der Waals surface area contributed by atoms with Crippen LogP contribution in [-0.4, -0.2) is 30.0 Å². The summed E-state index contributed by atoms with van der Waals surface area (Å²) in [6.45, 7) is 1.83. The molecule has 0 aliphatic carbocycles. The van der Waals surface area contributed by atoms with Crippen LogP contribution in [0.4, 0.5) is 0 Å². The minimum absolute atomic E-state index is 0.261. The first-order chi connectivity index (χ1) is 4.93. The van der Waals surface area contributed by atoms with Gasteiger partial charge in [0.1, 0.15) is 0 Å². The number of aliphatic hydroxyl groups is 1. The fourth-order valence-electron chi connectivity index (χ4n) is 1.13. The van der Waals surface area contributed by atoms with E-state index >= 15 is 0 Å². The van der Waals surface area contributed by atoms with Crippen molar-refractivity contribution in [2.24, 2.45) is 5.92 Å². The zero-order chi connectivity index (χ0) is 7.23. The molecule has 0 unspecified atom stereocenters. The molecule has 1 aliphatic rings. The Hall–Kier alpha value is 0.270. The first-order valence-corrected chi connectivity index (χ1v) is 4.85. The van der Waals surface area contributed by atoms with Crippen LogP contribution in [0.3, 0.4) is 0 Å². The number of aliphatic hydroxyl groups excluding tert-OH is 1. The molecule has 0 aromatic carbocycles. The van der Waals surface area contributed by atoms with E-state index in [1.165, 1.54) is 12.8 Å². The Balaban J connectivity index is 2.02.